The third-order valence-corrected chi connectivity index (χ3v) is 8.05. The molecule has 1 saturated heterocycles. The average Bonchev–Trinajstić information content (AvgIpc) is 3.18. The first-order valence-electron chi connectivity index (χ1n) is 12.5. The molecule has 2 aromatic heterocycles. The van der Waals surface area contributed by atoms with Crippen LogP contribution in [0.3, 0.4) is 0 Å². The summed E-state index contributed by atoms with van der Waals surface area (Å²) in [7, 11) is -4.26. The second kappa shape index (κ2) is 10.1. The number of hydrogen-bond acceptors (Lipinski definition) is 7. The number of pyridine rings is 2. The molecule has 1 atom stereocenters. The minimum Gasteiger partial charge on any atom is -0.473 e. The van der Waals surface area contributed by atoms with Gasteiger partial charge in [-0.3, -0.25) is 4.79 Å². The lowest BCUT2D eigenvalue weighted by Gasteiger charge is -2.33. The number of carbonyl (C=O) groups is 1. The summed E-state index contributed by atoms with van der Waals surface area (Å²) in [6.45, 7) is 7.28. The summed E-state index contributed by atoms with van der Waals surface area (Å²) in [4.78, 5) is 23.9. The molecule has 196 valence electrons. The first-order chi connectivity index (χ1) is 18.1. The van der Waals surface area contributed by atoms with E-state index in [2.05, 4.69) is 40.4 Å². The normalized spacial score (nSPS) is 16.9. The second-order valence-corrected chi connectivity index (χ2v) is 11.9. The Labute approximate surface area is 222 Å². The number of ether oxygens (including phenoxy) is 1. The molecule has 9 heteroatoms. The summed E-state index contributed by atoms with van der Waals surface area (Å²) >= 11 is 0. The van der Waals surface area contributed by atoms with Crippen molar-refractivity contribution < 1.29 is 17.9 Å². The van der Waals surface area contributed by atoms with Crippen LogP contribution in [-0.2, 0) is 16.6 Å². The number of rotatable bonds is 7. The molecule has 0 radical (unpaired) electrons. The van der Waals surface area contributed by atoms with Crippen molar-refractivity contribution in [1.29, 1.82) is 0 Å². The van der Waals surface area contributed by atoms with Gasteiger partial charge >= 0.3 is 0 Å². The topological polar surface area (TPSA) is 101 Å². The lowest BCUT2D eigenvalue weighted by molar-refractivity contribution is 0.0981. The van der Waals surface area contributed by atoms with Crippen molar-refractivity contribution in [2.75, 3.05) is 11.4 Å². The molecule has 1 unspecified atom stereocenters. The molecule has 0 spiro atoms. The maximum atomic E-state index is 13.2. The zero-order valence-electron chi connectivity index (χ0n) is 21.6. The summed E-state index contributed by atoms with van der Waals surface area (Å²) in [5.74, 6) is 0.276. The molecular weight excluding hydrogens is 500 g/mol. The van der Waals surface area contributed by atoms with Gasteiger partial charge in [0.05, 0.1) is 5.56 Å². The minimum atomic E-state index is -4.26. The summed E-state index contributed by atoms with van der Waals surface area (Å²) in [6, 6.07) is 21.5. The molecule has 8 nitrogen and oxygen atoms in total. The van der Waals surface area contributed by atoms with Gasteiger partial charge in [-0.1, -0.05) is 55.5 Å². The van der Waals surface area contributed by atoms with E-state index in [1.54, 1.807) is 24.4 Å². The van der Waals surface area contributed by atoms with E-state index in [9.17, 15) is 13.2 Å². The van der Waals surface area contributed by atoms with E-state index in [1.165, 1.54) is 12.1 Å². The van der Waals surface area contributed by atoms with Crippen LogP contribution in [0.2, 0.25) is 0 Å². The molecule has 2 aromatic carbocycles. The first kappa shape index (κ1) is 25.7. The number of sulfonamides is 1. The van der Waals surface area contributed by atoms with Gasteiger partial charge in [-0.05, 0) is 60.7 Å². The highest BCUT2D eigenvalue weighted by Crippen LogP contribution is 2.37. The standard InChI is InChI=1S/C29H30N4O4S/c1-20-17-29(2,3)33(18-20)27-24(13-8-16-30-27)28(34)32-38(35,36)26-15-7-14-25(31-26)37-19-22-11-6-10-21-9-4-5-12-23(21)22/h4-16,20H,17-19H2,1-3H3,(H,32,34). The van der Waals surface area contributed by atoms with E-state index < -0.39 is 15.9 Å². The predicted octanol–water partition coefficient (Wildman–Crippen LogP) is 4.95. The third-order valence-electron chi connectivity index (χ3n) is 6.82. The van der Waals surface area contributed by atoms with E-state index in [-0.39, 0.29) is 28.6 Å². The molecule has 0 bridgehead atoms. The van der Waals surface area contributed by atoms with Gasteiger partial charge in [0.1, 0.15) is 12.4 Å². The highest BCUT2D eigenvalue weighted by Gasteiger charge is 2.39. The fourth-order valence-corrected chi connectivity index (χ4v) is 6.10. The molecule has 1 aliphatic rings. The van der Waals surface area contributed by atoms with Gasteiger partial charge in [-0.25, -0.2) is 9.71 Å². The van der Waals surface area contributed by atoms with Crippen molar-refractivity contribution >= 4 is 32.5 Å². The van der Waals surface area contributed by atoms with Crippen LogP contribution in [0.15, 0.2) is 84.0 Å². The zero-order chi connectivity index (χ0) is 26.9. The largest absolute Gasteiger partial charge is 0.473 e. The van der Waals surface area contributed by atoms with Gasteiger partial charge in [0.25, 0.3) is 15.9 Å². The number of anilines is 1. The molecule has 38 heavy (non-hydrogen) atoms. The van der Waals surface area contributed by atoms with Crippen LogP contribution in [0, 0.1) is 5.92 Å². The van der Waals surface area contributed by atoms with Gasteiger partial charge in [0.2, 0.25) is 5.88 Å². The molecule has 4 aromatic rings. The Bertz CT molecular complexity index is 1600. The van der Waals surface area contributed by atoms with Crippen molar-refractivity contribution in [3.8, 4) is 5.88 Å². The molecule has 1 N–H and O–H groups in total. The first-order valence-corrected chi connectivity index (χ1v) is 14.0. The number of fused-ring (bicyclic) bond motifs is 1. The fourth-order valence-electron chi connectivity index (χ4n) is 5.17. The van der Waals surface area contributed by atoms with Crippen molar-refractivity contribution in [2.24, 2.45) is 5.92 Å². The summed E-state index contributed by atoms with van der Waals surface area (Å²) in [5.41, 5.74) is 0.940. The Morgan fingerprint density at radius 1 is 1.05 bits per heavy atom. The highest BCUT2D eigenvalue weighted by molar-refractivity contribution is 7.90. The van der Waals surface area contributed by atoms with Gasteiger partial charge in [-0.15, -0.1) is 0 Å². The Hall–Kier alpha value is -3.98. The quantitative estimate of drug-likeness (QED) is 0.361. The van der Waals surface area contributed by atoms with Crippen molar-refractivity contribution in [2.45, 2.75) is 44.4 Å². The lowest BCUT2D eigenvalue weighted by atomic mass is 9.97. The number of aromatic nitrogens is 2. The van der Waals surface area contributed by atoms with Crippen molar-refractivity contribution in [3.63, 3.8) is 0 Å². The molecule has 1 aliphatic heterocycles. The number of hydrogen-bond donors (Lipinski definition) is 1. The molecule has 5 rings (SSSR count). The molecular formula is C29H30N4O4S. The van der Waals surface area contributed by atoms with E-state index >= 15 is 0 Å². The molecule has 1 fully saturated rings. The summed E-state index contributed by atoms with van der Waals surface area (Å²) in [5, 5.41) is 1.83. The zero-order valence-corrected chi connectivity index (χ0v) is 22.4. The maximum absolute atomic E-state index is 13.2. The SMILES string of the molecule is CC1CN(c2ncccc2C(=O)NS(=O)(=O)c2cccc(OCc3cccc4ccccc34)n2)C(C)(C)C1. The Morgan fingerprint density at radius 3 is 2.61 bits per heavy atom. The molecule has 3 heterocycles. The van der Waals surface area contributed by atoms with Gasteiger partial charge in [0.15, 0.2) is 5.03 Å². The van der Waals surface area contributed by atoms with E-state index in [0.29, 0.717) is 11.7 Å². The number of amides is 1. The number of nitrogens with one attached hydrogen (secondary N) is 1. The molecule has 0 saturated carbocycles. The third kappa shape index (κ3) is 5.19. The van der Waals surface area contributed by atoms with Crippen molar-refractivity contribution in [1.82, 2.24) is 14.7 Å². The van der Waals surface area contributed by atoms with Crippen LogP contribution in [0.25, 0.3) is 10.8 Å². The van der Waals surface area contributed by atoms with E-state index in [4.69, 9.17) is 4.74 Å². The van der Waals surface area contributed by atoms with Crippen LogP contribution < -0.4 is 14.4 Å². The summed E-state index contributed by atoms with van der Waals surface area (Å²) in [6.07, 6.45) is 2.55. The number of carbonyl (C=O) groups excluding carboxylic acids is 1. The molecule has 0 aliphatic carbocycles. The maximum Gasteiger partial charge on any atom is 0.281 e. The average molecular weight is 531 g/mol. The fraction of sp³-hybridized carbons (Fsp3) is 0.276. The highest BCUT2D eigenvalue weighted by atomic mass is 32.2. The van der Waals surface area contributed by atoms with Crippen LogP contribution in [-0.4, -0.2) is 36.4 Å². The predicted molar refractivity (Wildman–Crippen MR) is 147 cm³/mol. The Kier molecular flexibility index (Phi) is 6.79. The van der Waals surface area contributed by atoms with E-state index in [0.717, 1.165) is 29.3 Å². The lowest BCUT2D eigenvalue weighted by Crippen LogP contribution is -2.41. The van der Waals surface area contributed by atoms with E-state index in [1.807, 2.05) is 42.5 Å². The van der Waals surface area contributed by atoms with Crippen LogP contribution in [0.1, 0.15) is 43.1 Å². The van der Waals surface area contributed by atoms with Gasteiger partial charge in [0, 0.05) is 24.3 Å². The Balaban J connectivity index is 1.34. The van der Waals surface area contributed by atoms with Crippen molar-refractivity contribution in [3.05, 3.63) is 90.1 Å². The number of benzene rings is 2. The summed E-state index contributed by atoms with van der Waals surface area (Å²) < 4.78 is 34.3. The monoisotopic (exact) mass is 530 g/mol. The molecule has 1 amide bonds. The smallest absolute Gasteiger partial charge is 0.281 e. The minimum absolute atomic E-state index is 0.142. The van der Waals surface area contributed by atoms with Gasteiger partial charge in [-0.2, -0.15) is 13.4 Å². The van der Waals surface area contributed by atoms with Crippen LogP contribution >= 0.6 is 0 Å². The Morgan fingerprint density at radius 2 is 1.82 bits per heavy atom. The number of nitrogens with zero attached hydrogens (tertiary/aromatic N) is 3. The van der Waals surface area contributed by atoms with Gasteiger partial charge < -0.3 is 9.64 Å². The van der Waals surface area contributed by atoms with Crippen LogP contribution in [0.5, 0.6) is 5.88 Å². The van der Waals surface area contributed by atoms with Crippen LogP contribution in [0.4, 0.5) is 5.82 Å². The second-order valence-electron chi connectivity index (χ2n) is 10.3.